The van der Waals surface area contributed by atoms with Crippen molar-refractivity contribution in [2.75, 3.05) is 0 Å². The monoisotopic (exact) mass is 355 g/mol. The van der Waals surface area contributed by atoms with Gasteiger partial charge in [0.05, 0.1) is 18.4 Å². The minimum Gasteiger partial charge on any atom is -0.346 e. The van der Waals surface area contributed by atoms with Crippen LogP contribution in [-0.4, -0.2) is 25.9 Å². The van der Waals surface area contributed by atoms with Crippen LogP contribution in [-0.2, 0) is 19.4 Å². The summed E-state index contributed by atoms with van der Waals surface area (Å²) in [6.45, 7) is 0.326. The molecular formula is C21H17N5O. The molecule has 0 fully saturated rings. The van der Waals surface area contributed by atoms with E-state index in [4.69, 9.17) is 0 Å². The van der Waals surface area contributed by atoms with Crippen molar-refractivity contribution in [3.05, 3.63) is 83.4 Å². The smallest absolute Gasteiger partial charge is 0.252 e. The van der Waals surface area contributed by atoms with Crippen LogP contribution in [0.1, 0.15) is 27.2 Å². The van der Waals surface area contributed by atoms with Gasteiger partial charge in [-0.2, -0.15) is 0 Å². The van der Waals surface area contributed by atoms with Crippen LogP contribution in [0.25, 0.3) is 16.5 Å². The lowest BCUT2D eigenvalue weighted by Crippen LogP contribution is -2.23. The van der Waals surface area contributed by atoms with E-state index in [9.17, 15) is 4.79 Å². The molecule has 6 heteroatoms. The predicted octanol–water partition coefficient (Wildman–Crippen LogP) is 2.84. The van der Waals surface area contributed by atoms with Crippen LogP contribution < -0.4 is 5.32 Å². The molecule has 5 rings (SSSR count). The normalized spacial score (nSPS) is 12.4. The maximum atomic E-state index is 12.8. The second kappa shape index (κ2) is 6.32. The molecule has 2 aromatic carbocycles. The highest BCUT2D eigenvalue weighted by molar-refractivity contribution is 6.09. The van der Waals surface area contributed by atoms with Crippen molar-refractivity contribution in [2.24, 2.45) is 0 Å². The number of carbonyl (C=O) groups excluding carboxylic acids is 1. The zero-order valence-electron chi connectivity index (χ0n) is 14.6. The van der Waals surface area contributed by atoms with Crippen molar-refractivity contribution >= 4 is 16.7 Å². The SMILES string of the molecule is O=C(NCc1cn(-c2ccncc2)nn1)c1ccc2c3c(cccc13)CC2. The number of benzene rings is 2. The fraction of sp³-hybridized carbons (Fsp3) is 0.143. The number of rotatable bonds is 4. The standard InChI is InChI=1S/C21H17N5O/c27-21(19-7-6-15-5-4-14-2-1-3-18(19)20(14)15)23-12-16-13-26(25-24-16)17-8-10-22-11-9-17/h1-3,6-11,13H,4-5,12H2,(H,23,27). The molecule has 0 bridgehead atoms. The van der Waals surface area contributed by atoms with Crippen molar-refractivity contribution in [3.63, 3.8) is 0 Å². The molecule has 2 heterocycles. The van der Waals surface area contributed by atoms with Gasteiger partial charge in [0.25, 0.3) is 5.91 Å². The molecule has 0 atom stereocenters. The number of aromatic nitrogens is 4. The highest BCUT2D eigenvalue weighted by Crippen LogP contribution is 2.32. The third kappa shape index (κ3) is 2.75. The zero-order chi connectivity index (χ0) is 18.2. The van der Waals surface area contributed by atoms with Gasteiger partial charge in [0.1, 0.15) is 5.69 Å². The summed E-state index contributed by atoms with van der Waals surface area (Å²) in [4.78, 5) is 16.8. The number of nitrogens with one attached hydrogen (secondary N) is 1. The summed E-state index contributed by atoms with van der Waals surface area (Å²) in [5, 5.41) is 13.5. The highest BCUT2D eigenvalue weighted by Gasteiger charge is 2.18. The van der Waals surface area contributed by atoms with Crippen LogP contribution in [0.4, 0.5) is 0 Å². The first kappa shape index (κ1) is 15.7. The second-order valence-corrected chi connectivity index (χ2v) is 6.65. The van der Waals surface area contributed by atoms with Crippen LogP contribution in [0.5, 0.6) is 0 Å². The minimum absolute atomic E-state index is 0.0935. The molecule has 0 saturated carbocycles. The average molecular weight is 355 g/mol. The number of aryl methyl sites for hydroxylation is 2. The van der Waals surface area contributed by atoms with E-state index in [1.165, 1.54) is 16.5 Å². The molecule has 2 aromatic heterocycles. The van der Waals surface area contributed by atoms with Gasteiger partial charge in [0, 0.05) is 18.0 Å². The van der Waals surface area contributed by atoms with Gasteiger partial charge in [-0.3, -0.25) is 9.78 Å². The lowest BCUT2D eigenvalue weighted by Gasteiger charge is -2.09. The molecule has 27 heavy (non-hydrogen) atoms. The van der Waals surface area contributed by atoms with E-state index in [-0.39, 0.29) is 5.91 Å². The van der Waals surface area contributed by atoms with Crippen LogP contribution in [0.3, 0.4) is 0 Å². The van der Waals surface area contributed by atoms with Crippen molar-refractivity contribution in [2.45, 2.75) is 19.4 Å². The summed E-state index contributed by atoms with van der Waals surface area (Å²) in [6.07, 6.45) is 7.32. The van der Waals surface area contributed by atoms with E-state index in [1.54, 1.807) is 17.1 Å². The van der Waals surface area contributed by atoms with Crippen LogP contribution in [0.15, 0.2) is 61.1 Å². The Morgan fingerprint density at radius 2 is 1.85 bits per heavy atom. The fourth-order valence-corrected chi connectivity index (χ4v) is 3.71. The summed E-state index contributed by atoms with van der Waals surface area (Å²) in [7, 11) is 0. The van der Waals surface area contributed by atoms with Gasteiger partial charge in [0.15, 0.2) is 0 Å². The highest BCUT2D eigenvalue weighted by atomic mass is 16.1. The molecule has 0 aliphatic heterocycles. The quantitative estimate of drug-likeness (QED) is 0.611. The minimum atomic E-state index is -0.0935. The molecule has 6 nitrogen and oxygen atoms in total. The summed E-state index contributed by atoms with van der Waals surface area (Å²) in [5.41, 5.74) is 4.95. The third-order valence-electron chi connectivity index (χ3n) is 5.02. The van der Waals surface area contributed by atoms with Crippen LogP contribution in [0.2, 0.25) is 0 Å². The van der Waals surface area contributed by atoms with Crippen LogP contribution in [0, 0.1) is 0 Å². The summed E-state index contributed by atoms with van der Waals surface area (Å²) < 4.78 is 1.67. The lowest BCUT2D eigenvalue weighted by molar-refractivity contribution is 0.0952. The van der Waals surface area contributed by atoms with E-state index in [0.29, 0.717) is 17.8 Å². The Kier molecular flexibility index (Phi) is 3.67. The predicted molar refractivity (Wildman–Crippen MR) is 102 cm³/mol. The third-order valence-corrected chi connectivity index (χ3v) is 5.02. The Labute approximate surface area is 155 Å². The largest absolute Gasteiger partial charge is 0.346 e. The second-order valence-electron chi connectivity index (χ2n) is 6.65. The number of carbonyl (C=O) groups is 1. The Hall–Kier alpha value is -3.54. The van der Waals surface area contributed by atoms with Crippen LogP contribution >= 0.6 is 0 Å². The molecule has 1 aliphatic carbocycles. The van der Waals surface area contributed by atoms with Gasteiger partial charge in [0.2, 0.25) is 0 Å². The Morgan fingerprint density at radius 3 is 2.70 bits per heavy atom. The first-order chi connectivity index (χ1) is 13.3. The molecular weight excluding hydrogens is 338 g/mol. The van der Waals surface area contributed by atoms with E-state index in [1.807, 2.05) is 36.5 Å². The van der Waals surface area contributed by atoms with Crippen molar-refractivity contribution < 1.29 is 4.79 Å². The van der Waals surface area contributed by atoms with E-state index in [2.05, 4.69) is 32.7 Å². The van der Waals surface area contributed by atoms with E-state index < -0.39 is 0 Å². The summed E-state index contributed by atoms with van der Waals surface area (Å²) >= 11 is 0. The summed E-state index contributed by atoms with van der Waals surface area (Å²) in [5.74, 6) is -0.0935. The van der Waals surface area contributed by atoms with Gasteiger partial charge in [-0.25, -0.2) is 4.68 Å². The molecule has 1 aliphatic rings. The average Bonchev–Trinajstić information content (AvgIpc) is 3.36. The molecule has 1 amide bonds. The van der Waals surface area contributed by atoms with Crippen molar-refractivity contribution in [1.82, 2.24) is 25.3 Å². The van der Waals surface area contributed by atoms with E-state index in [0.717, 1.165) is 23.9 Å². The lowest BCUT2D eigenvalue weighted by atomic mass is 9.99. The van der Waals surface area contributed by atoms with Crippen molar-refractivity contribution in [3.8, 4) is 5.69 Å². The molecule has 0 spiro atoms. The molecule has 0 saturated heterocycles. The zero-order valence-corrected chi connectivity index (χ0v) is 14.6. The van der Waals surface area contributed by atoms with Gasteiger partial charge in [-0.15, -0.1) is 5.10 Å². The first-order valence-corrected chi connectivity index (χ1v) is 8.93. The fourth-order valence-electron chi connectivity index (χ4n) is 3.71. The number of hydrogen-bond donors (Lipinski definition) is 1. The summed E-state index contributed by atoms with van der Waals surface area (Å²) in [6, 6.07) is 13.9. The van der Waals surface area contributed by atoms with Crippen molar-refractivity contribution in [1.29, 1.82) is 0 Å². The maximum absolute atomic E-state index is 12.8. The van der Waals surface area contributed by atoms with Gasteiger partial charge >= 0.3 is 0 Å². The Morgan fingerprint density at radius 1 is 1.04 bits per heavy atom. The number of pyridine rings is 1. The Bertz CT molecular complexity index is 1140. The molecule has 0 radical (unpaired) electrons. The maximum Gasteiger partial charge on any atom is 0.252 e. The first-order valence-electron chi connectivity index (χ1n) is 8.93. The van der Waals surface area contributed by atoms with E-state index >= 15 is 0 Å². The molecule has 1 N–H and O–H groups in total. The Balaban J connectivity index is 1.37. The molecule has 0 unspecified atom stereocenters. The van der Waals surface area contributed by atoms with Gasteiger partial charge in [-0.05, 0) is 52.9 Å². The molecule has 132 valence electrons. The molecule has 4 aromatic rings. The van der Waals surface area contributed by atoms with Gasteiger partial charge < -0.3 is 5.32 Å². The number of hydrogen-bond acceptors (Lipinski definition) is 4. The number of nitrogens with zero attached hydrogens (tertiary/aromatic N) is 4. The van der Waals surface area contributed by atoms with Gasteiger partial charge in [-0.1, -0.05) is 29.5 Å². The number of amides is 1. The topological polar surface area (TPSA) is 72.7 Å².